The van der Waals surface area contributed by atoms with Crippen molar-refractivity contribution in [3.8, 4) is 6.07 Å². The number of rotatable bonds is 7. The maximum Gasteiger partial charge on any atom is 0.259 e. The fourth-order valence-corrected chi connectivity index (χ4v) is 4.58. The number of carbonyl (C=O) groups excluding carboxylic acids is 2. The van der Waals surface area contributed by atoms with Gasteiger partial charge in [0.25, 0.3) is 17.4 Å². The number of hydrogen-bond acceptors (Lipinski definition) is 7. The first-order chi connectivity index (χ1) is 17.9. The highest BCUT2D eigenvalue weighted by Gasteiger charge is 2.39. The quantitative estimate of drug-likeness (QED) is 0.416. The van der Waals surface area contributed by atoms with Crippen LogP contribution in [0.2, 0.25) is 0 Å². The summed E-state index contributed by atoms with van der Waals surface area (Å²) in [5.41, 5.74) is 8.15. The van der Waals surface area contributed by atoms with Gasteiger partial charge in [0.05, 0.1) is 23.8 Å². The zero-order valence-electron chi connectivity index (χ0n) is 20.5. The van der Waals surface area contributed by atoms with Gasteiger partial charge in [-0.15, -0.1) is 12.4 Å². The summed E-state index contributed by atoms with van der Waals surface area (Å²) in [5, 5.41) is 23.3. The maximum atomic E-state index is 13.3. The Balaban J connectivity index is 0.00000336. The number of aliphatic hydroxyl groups excluding tert-OH is 1. The zero-order valence-corrected chi connectivity index (χ0v) is 21.3. The van der Waals surface area contributed by atoms with Crippen LogP contribution in [-0.2, 0) is 27.4 Å². The Bertz CT molecular complexity index is 1480. The lowest BCUT2D eigenvalue weighted by molar-refractivity contribution is -0.150. The predicted molar refractivity (Wildman–Crippen MR) is 144 cm³/mol. The van der Waals surface area contributed by atoms with E-state index >= 15 is 0 Å². The molecule has 3 aromatic rings. The Labute approximate surface area is 225 Å². The molecule has 2 atom stereocenters. The number of nitrogens with two attached hydrogens (primary N) is 1. The molecule has 0 unspecified atom stereocenters. The number of anilines is 2. The number of amides is 2. The average Bonchev–Trinajstić information content (AvgIpc) is 3.74. The minimum atomic E-state index is -1.76. The minimum absolute atomic E-state index is 0. The smallest absolute Gasteiger partial charge is 0.259 e. The number of nitriles is 1. The van der Waals surface area contributed by atoms with Crippen LogP contribution in [0.25, 0.3) is 10.9 Å². The van der Waals surface area contributed by atoms with Gasteiger partial charge in [-0.2, -0.15) is 5.26 Å². The predicted octanol–water partition coefficient (Wildman–Crippen LogP) is 1.90. The normalized spacial score (nSPS) is 18.0. The lowest BCUT2D eigenvalue weighted by Crippen LogP contribution is -2.55. The molecule has 2 heterocycles. The molecular formula is C27H28ClN5O5. The number of aliphatic hydroxyl groups is 1. The second kappa shape index (κ2) is 11.3. The number of halogens is 1. The third-order valence-corrected chi connectivity index (χ3v) is 6.82. The standard InChI is InChI=1S/C27H27N5O5.ClH/c28-13-18-3-6-20(11-19(18)14-29)30-26(35)24(34)25-27(36)31(9-10-37-25)21-7-4-17-5-8-23(33)32(22(17)12-21)15-16-1-2-16;/h3-8,11-12,16,24-25,34H,1-2,9-10,14-15,29H2,(H,30,35);1H/t24-,25-;/m1./s1. The summed E-state index contributed by atoms with van der Waals surface area (Å²) in [4.78, 5) is 40.1. The highest BCUT2D eigenvalue weighted by atomic mass is 35.5. The molecule has 2 aromatic carbocycles. The topological polar surface area (TPSA) is 151 Å². The molecule has 2 amide bonds. The molecule has 10 nitrogen and oxygen atoms in total. The number of pyridine rings is 1. The molecule has 0 radical (unpaired) electrons. The van der Waals surface area contributed by atoms with Crippen LogP contribution >= 0.6 is 12.4 Å². The Hall–Kier alpha value is -3.75. The molecule has 5 rings (SSSR count). The fraction of sp³-hybridized carbons (Fsp3) is 0.333. The van der Waals surface area contributed by atoms with E-state index in [1.807, 2.05) is 12.1 Å². The Morgan fingerprint density at radius 1 is 1.18 bits per heavy atom. The van der Waals surface area contributed by atoms with Crippen molar-refractivity contribution >= 4 is 46.5 Å². The van der Waals surface area contributed by atoms with Gasteiger partial charge >= 0.3 is 0 Å². The number of nitrogens with one attached hydrogen (secondary N) is 1. The maximum absolute atomic E-state index is 13.3. The monoisotopic (exact) mass is 537 g/mol. The van der Waals surface area contributed by atoms with Crippen LogP contribution in [0.1, 0.15) is 24.0 Å². The summed E-state index contributed by atoms with van der Waals surface area (Å²) < 4.78 is 7.26. The van der Waals surface area contributed by atoms with Gasteiger partial charge in [-0.3, -0.25) is 14.4 Å². The van der Waals surface area contributed by atoms with Crippen molar-refractivity contribution in [2.45, 2.75) is 38.1 Å². The van der Waals surface area contributed by atoms with Crippen LogP contribution in [0.3, 0.4) is 0 Å². The number of ether oxygens (including phenoxy) is 1. The first kappa shape index (κ1) is 27.3. The molecule has 1 aliphatic heterocycles. The lowest BCUT2D eigenvalue weighted by Gasteiger charge is -2.34. The van der Waals surface area contributed by atoms with Crippen molar-refractivity contribution in [2.24, 2.45) is 11.7 Å². The summed E-state index contributed by atoms with van der Waals surface area (Å²) in [5.74, 6) is -0.875. The van der Waals surface area contributed by atoms with Crippen molar-refractivity contribution in [1.82, 2.24) is 4.57 Å². The van der Waals surface area contributed by atoms with E-state index in [1.165, 1.54) is 17.0 Å². The highest BCUT2D eigenvalue weighted by Crippen LogP contribution is 2.32. The first-order valence-electron chi connectivity index (χ1n) is 12.2. The number of nitrogens with zero attached hydrogens (tertiary/aromatic N) is 3. The minimum Gasteiger partial charge on any atom is -0.380 e. The van der Waals surface area contributed by atoms with Gasteiger partial charge < -0.3 is 30.4 Å². The number of morpholine rings is 1. The van der Waals surface area contributed by atoms with Crippen molar-refractivity contribution in [2.75, 3.05) is 23.4 Å². The number of fused-ring (bicyclic) bond motifs is 1. The van der Waals surface area contributed by atoms with Crippen LogP contribution in [0.15, 0.2) is 53.3 Å². The summed E-state index contributed by atoms with van der Waals surface area (Å²) in [6, 6.07) is 15.4. The Morgan fingerprint density at radius 2 is 1.95 bits per heavy atom. The average molecular weight is 538 g/mol. The number of benzene rings is 2. The summed E-state index contributed by atoms with van der Waals surface area (Å²) in [6.45, 7) is 1.11. The van der Waals surface area contributed by atoms with Crippen LogP contribution in [0.4, 0.5) is 11.4 Å². The fourth-order valence-electron chi connectivity index (χ4n) is 4.58. The largest absolute Gasteiger partial charge is 0.380 e. The van der Waals surface area contributed by atoms with Crippen LogP contribution in [0, 0.1) is 17.2 Å². The van der Waals surface area contributed by atoms with E-state index in [1.54, 1.807) is 34.9 Å². The van der Waals surface area contributed by atoms with Crippen molar-refractivity contribution in [3.63, 3.8) is 0 Å². The number of hydrogen-bond donors (Lipinski definition) is 3. The van der Waals surface area contributed by atoms with E-state index in [0.29, 0.717) is 35.0 Å². The summed E-state index contributed by atoms with van der Waals surface area (Å²) >= 11 is 0. The van der Waals surface area contributed by atoms with Crippen LogP contribution in [-0.4, -0.2) is 46.8 Å². The molecule has 1 saturated heterocycles. The molecular weight excluding hydrogens is 510 g/mol. The van der Waals surface area contributed by atoms with Gasteiger partial charge in [0.15, 0.2) is 12.2 Å². The van der Waals surface area contributed by atoms with E-state index in [2.05, 4.69) is 5.32 Å². The highest BCUT2D eigenvalue weighted by molar-refractivity contribution is 6.04. The zero-order chi connectivity index (χ0) is 26.1. The van der Waals surface area contributed by atoms with E-state index in [9.17, 15) is 19.5 Å². The molecule has 2 fully saturated rings. The number of carbonyl (C=O) groups is 2. The molecule has 1 aromatic heterocycles. The van der Waals surface area contributed by atoms with Gasteiger partial charge in [0, 0.05) is 37.1 Å². The second-order valence-corrected chi connectivity index (χ2v) is 9.37. The lowest BCUT2D eigenvalue weighted by atomic mass is 10.1. The number of aromatic nitrogens is 1. The molecule has 38 heavy (non-hydrogen) atoms. The van der Waals surface area contributed by atoms with Crippen LogP contribution < -0.4 is 21.5 Å². The van der Waals surface area contributed by atoms with Crippen molar-refractivity contribution in [3.05, 3.63) is 70.0 Å². The molecule has 198 valence electrons. The van der Waals surface area contributed by atoms with E-state index in [-0.39, 0.29) is 37.7 Å². The van der Waals surface area contributed by atoms with Gasteiger partial charge in [-0.1, -0.05) is 6.07 Å². The van der Waals surface area contributed by atoms with Gasteiger partial charge in [0.1, 0.15) is 0 Å². The molecule has 4 N–H and O–H groups in total. The summed E-state index contributed by atoms with van der Waals surface area (Å²) in [6.07, 6.45) is -0.966. The van der Waals surface area contributed by atoms with E-state index < -0.39 is 24.0 Å². The van der Waals surface area contributed by atoms with Crippen molar-refractivity contribution < 1.29 is 19.4 Å². The molecule has 0 bridgehead atoms. The molecule has 2 aliphatic rings. The molecule has 1 saturated carbocycles. The SMILES string of the molecule is Cl.N#Cc1ccc(NC(=O)[C@H](O)[C@H]2OCCN(c3ccc4ccc(=O)n(CC5CC5)c4c3)C2=O)cc1CN. The third kappa shape index (κ3) is 5.42. The van der Waals surface area contributed by atoms with E-state index in [4.69, 9.17) is 15.7 Å². The molecule has 1 aliphatic carbocycles. The van der Waals surface area contributed by atoms with Gasteiger partial charge in [-0.05, 0) is 66.1 Å². The molecule has 11 heteroatoms. The molecule has 0 spiro atoms. The van der Waals surface area contributed by atoms with Crippen LogP contribution in [0.5, 0.6) is 0 Å². The second-order valence-electron chi connectivity index (χ2n) is 9.37. The van der Waals surface area contributed by atoms with E-state index in [0.717, 1.165) is 23.7 Å². The summed E-state index contributed by atoms with van der Waals surface area (Å²) in [7, 11) is 0. The first-order valence-corrected chi connectivity index (χ1v) is 12.2. The van der Waals surface area contributed by atoms with Crippen molar-refractivity contribution in [1.29, 1.82) is 5.26 Å². The Morgan fingerprint density at radius 3 is 2.66 bits per heavy atom. The third-order valence-electron chi connectivity index (χ3n) is 6.82. The van der Waals surface area contributed by atoms with Gasteiger partial charge in [-0.25, -0.2) is 0 Å². The van der Waals surface area contributed by atoms with Gasteiger partial charge in [0.2, 0.25) is 0 Å². The Kier molecular flexibility index (Phi) is 8.14.